The minimum Gasteiger partial charge on any atom is -0.497 e. The highest BCUT2D eigenvalue weighted by molar-refractivity contribution is 9.10. The van der Waals surface area contributed by atoms with Crippen molar-refractivity contribution in [1.82, 2.24) is 5.32 Å². The highest BCUT2D eigenvalue weighted by atomic mass is 79.9. The highest BCUT2D eigenvalue weighted by Crippen LogP contribution is 2.47. The van der Waals surface area contributed by atoms with Crippen LogP contribution in [0.4, 0.5) is 0 Å². The number of ether oxygens (including phenoxy) is 1. The van der Waals surface area contributed by atoms with E-state index in [1.54, 1.807) is 7.11 Å². The van der Waals surface area contributed by atoms with Gasteiger partial charge < -0.3 is 10.1 Å². The lowest BCUT2D eigenvalue weighted by Gasteiger charge is -2.14. The topological polar surface area (TPSA) is 21.3 Å². The lowest BCUT2D eigenvalue weighted by molar-refractivity contribution is 0.413. The van der Waals surface area contributed by atoms with E-state index < -0.39 is 0 Å². The van der Waals surface area contributed by atoms with Crippen molar-refractivity contribution in [3.8, 4) is 5.75 Å². The zero-order valence-corrected chi connectivity index (χ0v) is 12.1. The maximum Gasteiger partial charge on any atom is 0.119 e. The van der Waals surface area contributed by atoms with E-state index in [1.807, 2.05) is 12.1 Å². The smallest absolute Gasteiger partial charge is 0.119 e. The van der Waals surface area contributed by atoms with Gasteiger partial charge in [0.2, 0.25) is 0 Å². The van der Waals surface area contributed by atoms with Crippen LogP contribution >= 0.6 is 15.9 Å². The van der Waals surface area contributed by atoms with E-state index in [2.05, 4.69) is 34.2 Å². The monoisotopic (exact) mass is 297 g/mol. The summed E-state index contributed by atoms with van der Waals surface area (Å²) in [5, 5.41) is 3.56. The standard InChI is InChI=1S/C14H20BrNO/c1-3-14(6-7-14)10-16-9-11-8-12(17-2)4-5-13(11)15/h4-5,8,16H,3,6-7,9-10H2,1-2H3. The predicted octanol–water partition coefficient (Wildman–Crippen LogP) is 3.74. The van der Waals surface area contributed by atoms with Crippen LogP contribution in [0.25, 0.3) is 0 Å². The molecule has 0 aromatic heterocycles. The van der Waals surface area contributed by atoms with E-state index in [1.165, 1.54) is 24.8 Å². The Morgan fingerprint density at radius 1 is 1.41 bits per heavy atom. The van der Waals surface area contributed by atoms with E-state index in [0.29, 0.717) is 5.41 Å². The number of hydrogen-bond donors (Lipinski definition) is 1. The van der Waals surface area contributed by atoms with Crippen molar-refractivity contribution in [2.45, 2.75) is 32.7 Å². The Morgan fingerprint density at radius 3 is 2.76 bits per heavy atom. The van der Waals surface area contributed by atoms with E-state index in [9.17, 15) is 0 Å². The zero-order chi connectivity index (χ0) is 12.3. The molecular weight excluding hydrogens is 278 g/mol. The second-order valence-electron chi connectivity index (χ2n) is 4.91. The quantitative estimate of drug-likeness (QED) is 0.864. The van der Waals surface area contributed by atoms with Crippen molar-refractivity contribution >= 4 is 15.9 Å². The van der Waals surface area contributed by atoms with Gasteiger partial charge in [-0.2, -0.15) is 0 Å². The molecule has 0 aliphatic heterocycles. The first-order valence-electron chi connectivity index (χ1n) is 6.22. The van der Waals surface area contributed by atoms with Crippen molar-refractivity contribution in [1.29, 1.82) is 0 Å². The van der Waals surface area contributed by atoms with Crippen LogP contribution in [-0.2, 0) is 6.54 Å². The van der Waals surface area contributed by atoms with E-state index in [0.717, 1.165) is 23.3 Å². The van der Waals surface area contributed by atoms with Crippen LogP contribution < -0.4 is 10.1 Å². The molecule has 3 heteroatoms. The number of benzene rings is 1. The summed E-state index contributed by atoms with van der Waals surface area (Å²) in [5.74, 6) is 0.918. The van der Waals surface area contributed by atoms with Gasteiger partial charge in [-0.25, -0.2) is 0 Å². The molecule has 94 valence electrons. The van der Waals surface area contributed by atoms with Crippen molar-refractivity contribution in [2.75, 3.05) is 13.7 Å². The van der Waals surface area contributed by atoms with Gasteiger partial charge in [0.1, 0.15) is 5.75 Å². The maximum absolute atomic E-state index is 5.24. The molecule has 17 heavy (non-hydrogen) atoms. The fraction of sp³-hybridized carbons (Fsp3) is 0.571. The Morgan fingerprint density at radius 2 is 2.18 bits per heavy atom. The van der Waals surface area contributed by atoms with Gasteiger partial charge in [0.15, 0.2) is 0 Å². The van der Waals surface area contributed by atoms with Crippen LogP contribution in [0.5, 0.6) is 5.75 Å². The average molecular weight is 298 g/mol. The fourth-order valence-electron chi connectivity index (χ4n) is 2.11. The second kappa shape index (κ2) is 5.40. The molecule has 1 N–H and O–H groups in total. The average Bonchev–Trinajstić information content (AvgIpc) is 3.12. The summed E-state index contributed by atoms with van der Waals surface area (Å²) in [6.07, 6.45) is 4.06. The summed E-state index contributed by atoms with van der Waals surface area (Å²) in [7, 11) is 1.71. The molecule has 0 amide bonds. The molecule has 0 saturated heterocycles. The number of halogens is 1. The molecule has 2 rings (SSSR count). The SMILES string of the molecule is CCC1(CNCc2cc(OC)ccc2Br)CC1. The highest BCUT2D eigenvalue weighted by Gasteiger charge is 2.39. The number of nitrogens with one attached hydrogen (secondary N) is 1. The summed E-state index contributed by atoms with van der Waals surface area (Å²) in [6.45, 7) is 4.32. The summed E-state index contributed by atoms with van der Waals surface area (Å²) >= 11 is 3.58. The van der Waals surface area contributed by atoms with Crippen LogP contribution in [-0.4, -0.2) is 13.7 Å². The largest absolute Gasteiger partial charge is 0.497 e. The maximum atomic E-state index is 5.24. The predicted molar refractivity (Wildman–Crippen MR) is 74.4 cm³/mol. The molecule has 0 radical (unpaired) electrons. The Balaban J connectivity index is 1.89. The van der Waals surface area contributed by atoms with Crippen LogP contribution in [0, 0.1) is 5.41 Å². The number of hydrogen-bond acceptors (Lipinski definition) is 2. The molecule has 1 aliphatic carbocycles. The Bertz CT molecular complexity index is 388. The first kappa shape index (κ1) is 12.9. The molecular formula is C14H20BrNO. The van der Waals surface area contributed by atoms with Gasteiger partial charge >= 0.3 is 0 Å². The molecule has 1 saturated carbocycles. The Kier molecular flexibility index (Phi) is 4.10. The lowest BCUT2D eigenvalue weighted by atomic mass is 10.0. The Labute approximate surface area is 112 Å². The van der Waals surface area contributed by atoms with Gasteiger partial charge in [-0.1, -0.05) is 22.9 Å². The minimum atomic E-state index is 0.603. The van der Waals surface area contributed by atoms with Crippen molar-refractivity contribution in [3.63, 3.8) is 0 Å². The molecule has 0 unspecified atom stereocenters. The van der Waals surface area contributed by atoms with Crippen molar-refractivity contribution in [3.05, 3.63) is 28.2 Å². The van der Waals surface area contributed by atoms with Gasteiger partial charge in [-0.05, 0) is 48.4 Å². The second-order valence-corrected chi connectivity index (χ2v) is 5.77. The van der Waals surface area contributed by atoms with E-state index in [-0.39, 0.29) is 0 Å². The molecule has 0 heterocycles. The third-order valence-corrected chi connectivity index (χ3v) is 4.55. The van der Waals surface area contributed by atoms with Crippen LogP contribution in [0.2, 0.25) is 0 Å². The number of methoxy groups -OCH3 is 1. The van der Waals surface area contributed by atoms with Gasteiger partial charge in [-0.15, -0.1) is 0 Å². The van der Waals surface area contributed by atoms with E-state index >= 15 is 0 Å². The van der Waals surface area contributed by atoms with Gasteiger partial charge in [0.25, 0.3) is 0 Å². The molecule has 0 atom stereocenters. The minimum absolute atomic E-state index is 0.603. The summed E-state index contributed by atoms with van der Waals surface area (Å²) in [4.78, 5) is 0. The summed E-state index contributed by atoms with van der Waals surface area (Å²) in [5.41, 5.74) is 1.86. The zero-order valence-electron chi connectivity index (χ0n) is 10.6. The third-order valence-electron chi connectivity index (χ3n) is 3.78. The van der Waals surface area contributed by atoms with Gasteiger partial charge in [0, 0.05) is 17.6 Å². The van der Waals surface area contributed by atoms with Gasteiger partial charge in [-0.3, -0.25) is 0 Å². The number of rotatable bonds is 6. The first-order chi connectivity index (χ1) is 8.19. The molecule has 2 nitrogen and oxygen atoms in total. The Hall–Kier alpha value is -0.540. The fourth-order valence-corrected chi connectivity index (χ4v) is 2.49. The third kappa shape index (κ3) is 3.23. The van der Waals surface area contributed by atoms with E-state index in [4.69, 9.17) is 4.74 Å². The lowest BCUT2D eigenvalue weighted by Crippen LogP contribution is -2.23. The molecule has 1 fully saturated rings. The molecule has 0 spiro atoms. The first-order valence-corrected chi connectivity index (χ1v) is 7.01. The van der Waals surface area contributed by atoms with Crippen LogP contribution in [0.3, 0.4) is 0 Å². The summed E-state index contributed by atoms with van der Waals surface area (Å²) in [6, 6.07) is 6.10. The molecule has 1 aromatic rings. The summed E-state index contributed by atoms with van der Waals surface area (Å²) < 4.78 is 6.39. The van der Waals surface area contributed by atoms with Crippen LogP contribution in [0.1, 0.15) is 31.7 Å². The van der Waals surface area contributed by atoms with Crippen molar-refractivity contribution in [2.24, 2.45) is 5.41 Å². The molecule has 1 aromatic carbocycles. The van der Waals surface area contributed by atoms with Gasteiger partial charge in [0.05, 0.1) is 7.11 Å². The normalized spacial score (nSPS) is 16.9. The molecule has 0 bridgehead atoms. The van der Waals surface area contributed by atoms with Crippen molar-refractivity contribution < 1.29 is 4.74 Å². The molecule has 1 aliphatic rings. The van der Waals surface area contributed by atoms with Crippen LogP contribution in [0.15, 0.2) is 22.7 Å².